The van der Waals surface area contributed by atoms with Gasteiger partial charge in [-0.05, 0) is 25.8 Å². The van der Waals surface area contributed by atoms with E-state index in [2.05, 4.69) is 5.32 Å². The van der Waals surface area contributed by atoms with Crippen molar-refractivity contribution in [3.8, 4) is 0 Å². The van der Waals surface area contributed by atoms with E-state index in [1.54, 1.807) is 7.05 Å². The van der Waals surface area contributed by atoms with Gasteiger partial charge in [0, 0.05) is 55.0 Å². The molecule has 8 heteroatoms. The summed E-state index contributed by atoms with van der Waals surface area (Å²) in [6.07, 6.45) is 3.32. The SMILES string of the molecule is CN(CCCNC1CC1)S(=O)(=O)N1CCS(=O)CC1. The zero-order chi connectivity index (χ0) is 13.9. The molecule has 19 heavy (non-hydrogen) atoms. The Balaban J connectivity index is 1.75. The van der Waals surface area contributed by atoms with E-state index in [0.717, 1.165) is 13.0 Å². The summed E-state index contributed by atoms with van der Waals surface area (Å²) in [7, 11) is -2.59. The second-order valence-electron chi connectivity index (χ2n) is 5.16. The first-order valence-corrected chi connectivity index (χ1v) is 9.68. The minimum absolute atomic E-state index is 0.375. The molecule has 1 aliphatic heterocycles. The average molecular weight is 309 g/mol. The summed E-state index contributed by atoms with van der Waals surface area (Å²) in [5, 5.41) is 3.37. The summed E-state index contributed by atoms with van der Waals surface area (Å²) in [6.45, 7) is 2.15. The first-order chi connectivity index (χ1) is 9.00. The third-order valence-corrected chi connectivity index (χ3v) is 6.78. The second-order valence-corrected chi connectivity index (χ2v) is 8.89. The van der Waals surface area contributed by atoms with E-state index in [0.29, 0.717) is 37.2 Å². The molecule has 0 bridgehead atoms. The van der Waals surface area contributed by atoms with Gasteiger partial charge in [-0.2, -0.15) is 17.0 Å². The zero-order valence-electron chi connectivity index (χ0n) is 11.4. The maximum Gasteiger partial charge on any atom is 0.281 e. The predicted octanol–water partition coefficient (Wildman–Crippen LogP) is -0.631. The highest BCUT2D eigenvalue weighted by atomic mass is 32.2. The molecule has 2 rings (SSSR count). The third-order valence-electron chi connectivity index (χ3n) is 3.52. The Kier molecular flexibility index (Phi) is 5.36. The molecule has 0 aromatic heterocycles. The summed E-state index contributed by atoms with van der Waals surface area (Å²) in [4.78, 5) is 0. The minimum atomic E-state index is -3.37. The monoisotopic (exact) mass is 309 g/mol. The number of nitrogens with zero attached hydrogens (tertiary/aromatic N) is 2. The molecule has 1 saturated heterocycles. The van der Waals surface area contributed by atoms with Crippen LogP contribution in [0.1, 0.15) is 19.3 Å². The highest BCUT2D eigenvalue weighted by molar-refractivity contribution is 7.87. The molecule has 0 unspecified atom stereocenters. The normalized spacial score (nSPS) is 23.1. The second kappa shape index (κ2) is 6.62. The fraction of sp³-hybridized carbons (Fsp3) is 1.00. The molecule has 1 aliphatic carbocycles. The van der Waals surface area contributed by atoms with Gasteiger partial charge in [-0.15, -0.1) is 0 Å². The van der Waals surface area contributed by atoms with E-state index in [-0.39, 0.29) is 0 Å². The molecule has 1 N–H and O–H groups in total. The highest BCUT2D eigenvalue weighted by Gasteiger charge is 2.29. The Labute approximate surface area is 118 Å². The van der Waals surface area contributed by atoms with Crippen LogP contribution in [-0.2, 0) is 21.0 Å². The molecule has 0 aromatic rings. The fourth-order valence-electron chi connectivity index (χ4n) is 2.06. The first-order valence-electron chi connectivity index (χ1n) is 6.80. The van der Waals surface area contributed by atoms with Crippen molar-refractivity contribution in [2.45, 2.75) is 25.3 Å². The summed E-state index contributed by atoms with van der Waals surface area (Å²) in [5.74, 6) is 0.909. The van der Waals surface area contributed by atoms with Gasteiger partial charge in [0.1, 0.15) is 0 Å². The van der Waals surface area contributed by atoms with Crippen molar-refractivity contribution in [2.24, 2.45) is 0 Å². The van der Waals surface area contributed by atoms with E-state index < -0.39 is 21.0 Å². The molecule has 0 spiro atoms. The van der Waals surface area contributed by atoms with E-state index in [1.165, 1.54) is 21.5 Å². The fourth-order valence-corrected chi connectivity index (χ4v) is 4.74. The van der Waals surface area contributed by atoms with Crippen LogP contribution in [0.3, 0.4) is 0 Å². The van der Waals surface area contributed by atoms with E-state index in [4.69, 9.17) is 0 Å². The topological polar surface area (TPSA) is 69.7 Å². The molecule has 0 atom stereocenters. The van der Waals surface area contributed by atoms with Gasteiger partial charge in [-0.3, -0.25) is 4.21 Å². The Morgan fingerprint density at radius 1 is 1.32 bits per heavy atom. The summed E-state index contributed by atoms with van der Waals surface area (Å²) < 4.78 is 38.6. The van der Waals surface area contributed by atoms with Crippen molar-refractivity contribution >= 4 is 21.0 Å². The standard InChI is InChI=1S/C11H23N3O3S2/c1-13(6-2-5-12-11-3-4-11)19(16,17)14-7-9-18(15)10-8-14/h11-12H,2-10H2,1H3. The lowest BCUT2D eigenvalue weighted by atomic mass is 10.4. The molecule has 0 radical (unpaired) electrons. The van der Waals surface area contributed by atoms with Crippen LogP contribution in [0, 0.1) is 0 Å². The van der Waals surface area contributed by atoms with Crippen molar-refractivity contribution < 1.29 is 12.6 Å². The summed E-state index contributed by atoms with van der Waals surface area (Å²) in [5.41, 5.74) is 0. The lowest BCUT2D eigenvalue weighted by molar-refractivity contribution is 0.370. The largest absolute Gasteiger partial charge is 0.314 e. The first kappa shape index (κ1) is 15.4. The number of rotatable bonds is 7. The van der Waals surface area contributed by atoms with Crippen molar-refractivity contribution in [3.63, 3.8) is 0 Å². The summed E-state index contributed by atoms with van der Waals surface area (Å²) >= 11 is 0. The predicted molar refractivity (Wildman–Crippen MR) is 76.6 cm³/mol. The number of nitrogens with one attached hydrogen (secondary N) is 1. The van der Waals surface area contributed by atoms with Crippen LogP contribution >= 0.6 is 0 Å². The molecule has 2 fully saturated rings. The van der Waals surface area contributed by atoms with E-state index in [9.17, 15) is 12.6 Å². The maximum atomic E-state index is 12.3. The molecule has 0 amide bonds. The van der Waals surface area contributed by atoms with Gasteiger partial charge >= 0.3 is 0 Å². The van der Waals surface area contributed by atoms with Gasteiger partial charge in [-0.1, -0.05) is 0 Å². The van der Waals surface area contributed by atoms with E-state index >= 15 is 0 Å². The van der Waals surface area contributed by atoms with Crippen LogP contribution in [0.15, 0.2) is 0 Å². The molecule has 1 heterocycles. The van der Waals surface area contributed by atoms with Crippen molar-refractivity contribution in [3.05, 3.63) is 0 Å². The Bertz CT molecular complexity index is 413. The maximum absolute atomic E-state index is 12.3. The molecule has 2 aliphatic rings. The quantitative estimate of drug-likeness (QED) is 0.636. The van der Waals surface area contributed by atoms with Crippen molar-refractivity contribution in [1.82, 2.24) is 13.9 Å². The lowest BCUT2D eigenvalue weighted by Gasteiger charge is -2.29. The molecule has 6 nitrogen and oxygen atoms in total. The van der Waals surface area contributed by atoms with Crippen molar-refractivity contribution in [1.29, 1.82) is 0 Å². The van der Waals surface area contributed by atoms with Gasteiger partial charge < -0.3 is 5.32 Å². The molecule has 112 valence electrons. The van der Waals surface area contributed by atoms with Gasteiger partial charge in [0.25, 0.3) is 10.2 Å². The smallest absolute Gasteiger partial charge is 0.281 e. The Morgan fingerprint density at radius 3 is 2.53 bits per heavy atom. The number of hydrogen-bond donors (Lipinski definition) is 1. The van der Waals surface area contributed by atoms with Gasteiger partial charge in [0.05, 0.1) is 0 Å². The molecular weight excluding hydrogens is 286 g/mol. The van der Waals surface area contributed by atoms with Crippen LogP contribution in [0.4, 0.5) is 0 Å². The van der Waals surface area contributed by atoms with Crippen LogP contribution in [0.25, 0.3) is 0 Å². The van der Waals surface area contributed by atoms with Crippen LogP contribution in [0.5, 0.6) is 0 Å². The average Bonchev–Trinajstić information content (AvgIpc) is 3.19. The van der Waals surface area contributed by atoms with E-state index in [1.807, 2.05) is 0 Å². The third kappa shape index (κ3) is 4.49. The highest BCUT2D eigenvalue weighted by Crippen LogP contribution is 2.18. The molecular formula is C11H23N3O3S2. The van der Waals surface area contributed by atoms with Gasteiger partial charge in [0.15, 0.2) is 0 Å². The summed E-state index contributed by atoms with van der Waals surface area (Å²) in [6, 6.07) is 0.666. The Hall–Kier alpha value is -0.0200. The molecule has 1 saturated carbocycles. The zero-order valence-corrected chi connectivity index (χ0v) is 13.0. The lowest BCUT2D eigenvalue weighted by Crippen LogP contribution is -2.48. The number of hydrogen-bond acceptors (Lipinski definition) is 4. The van der Waals surface area contributed by atoms with Crippen LogP contribution in [0.2, 0.25) is 0 Å². The van der Waals surface area contributed by atoms with Gasteiger partial charge in [0.2, 0.25) is 0 Å². The van der Waals surface area contributed by atoms with Crippen molar-refractivity contribution in [2.75, 3.05) is 44.7 Å². The minimum Gasteiger partial charge on any atom is -0.314 e. The van der Waals surface area contributed by atoms with Gasteiger partial charge in [-0.25, -0.2) is 0 Å². The Morgan fingerprint density at radius 2 is 1.95 bits per heavy atom. The molecule has 0 aromatic carbocycles. The van der Waals surface area contributed by atoms with Crippen LogP contribution < -0.4 is 5.32 Å². The van der Waals surface area contributed by atoms with Crippen LogP contribution in [-0.4, -0.2) is 72.0 Å².